The molecule has 0 saturated carbocycles. The molecule has 1 aromatic carbocycles. The second kappa shape index (κ2) is 7.15. The second-order valence-corrected chi connectivity index (χ2v) is 4.70. The minimum absolute atomic E-state index is 0.103. The molecule has 0 N–H and O–H groups in total. The first kappa shape index (κ1) is 17.1. The Kier molecular flexibility index (Phi) is 5.81. The summed E-state index contributed by atoms with van der Waals surface area (Å²) in [5, 5.41) is 0. The summed E-state index contributed by atoms with van der Waals surface area (Å²) in [4.78, 5) is 24.1. The fourth-order valence-electron chi connectivity index (χ4n) is 1.87. The van der Waals surface area contributed by atoms with Crippen LogP contribution in [0.3, 0.4) is 0 Å². The average molecular weight is 300 g/mol. The number of hydrogen-bond donors (Lipinski definition) is 0. The van der Waals surface area contributed by atoms with E-state index in [2.05, 4.69) is 0 Å². The Morgan fingerprint density at radius 1 is 1.05 bits per heavy atom. The number of benzene rings is 1. The van der Waals surface area contributed by atoms with Gasteiger partial charge in [-0.05, 0) is 44.9 Å². The van der Waals surface area contributed by atoms with Gasteiger partial charge in [-0.25, -0.2) is 8.78 Å². The van der Waals surface area contributed by atoms with Gasteiger partial charge in [-0.15, -0.1) is 0 Å². The minimum atomic E-state index is -1.60. The molecule has 4 nitrogen and oxygen atoms in total. The maximum atomic E-state index is 13.2. The molecule has 21 heavy (non-hydrogen) atoms. The molecule has 0 atom stereocenters. The number of hydrogen-bond acceptors (Lipinski definition) is 4. The second-order valence-electron chi connectivity index (χ2n) is 4.70. The van der Waals surface area contributed by atoms with Gasteiger partial charge in [0, 0.05) is 0 Å². The van der Waals surface area contributed by atoms with Crippen molar-refractivity contribution in [1.29, 1.82) is 0 Å². The zero-order valence-electron chi connectivity index (χ0n) is 12.2. The van der Waals surface area contributed by atoms with Gasteiger partial charge in [0.1, 0.15) is 0 Å². The van der Waals surface area contributed by atoms with E-state index >= 15 is 0 Å². The number of halogens is 2. The fraction of sp³-hybridized carbons (Fsp3) is 0.467. The summed E-state index contributed by atoms with van der Waals surface area (Å²) in [5.41, 5.74) is -1.30. The molecular weight excluding hydrogens is 282 g/mol. The van der Waals surface area contributed by atoms with E-state index in [4.69, 9.17) is 9.47 Å². The number of rotatable bonds is 6. The van der Waals surface area contributed by atoms with Crippen LogP contribution in [0.2, 0.25) is 0 Å². The van der Waals surface area contributed by atoms with Gasteiger partial charge in [0.15, 0.2) is 17.0 Å². The topological polar surface area (TPSA) is 52.6 Å². The molecule has 0 aliphatic carbocycles. The first-order valence-corrected chi connectivity index (χ1v) is 6.63. The van der Waals surface area contributed by atoms with E-state index in [0.717, 1.165) is 12.1 Å². The summed E-state index contributed by atoms with van der Waals surface area (Å²) in [6.07, 6.45) is -0.137. The third-order valence-corrected chi connectivity index (χ3v) is 2.99. The largest absolute Gasteiger partial charge is 0.465 e. The molecule has 0 amide bonds. The fourth-order valence-corrected chi connectivity index (χ4v) is 1.87. The van der Waals surface area contributed by atoms with Gasteiger partial charge >= 0.3 is 11.9 Å². The standard InChI is InChI=1S/C15H18F2O4/c1-4-20-13(18)15(3,14(19)21-5-2)9-10-6-7-11(16)12(17)8-10/h6-8H,4-5,9H2,1-3H3. The lowest BCUT2D eigenvalue weighted by molar-refractivity contribution is -0.170. The molecule has 0 spiro atoms. The highest BCUT2D eigenvalue weighted by Gasteiger charge is 2.44. The Bertz CT molecular complexity index is 510. The molecule has 116 valence electrons. The van der Waals surface area contributed by atoms with Crippen molar-refractivity contribution in [3.63, 3.8) is 0 Å². The summed E-state index contributed by atoms with van der Waals surface area (Å²) < 4.78 is 36.0. The van der Waals surface area contributed by atoms with Gasteiger partial charge in [0.25, 0.3) is 0 Å². The van der Waals surface area contributed by atoms with E-state index in [9.17, 15) is 18.4 Å². The summed E-state index contributed by atoms with van der Waals surface area (Å²) >= 11 is 0. The van der Waals surface area contributed by atoms with Crippen LogP contribution in [0, 0.1) is 17.0 Å². The number of carbonyl (C=O) groups excluding carboxylic acids is 2. The lowest BCUT2D eigenvalue weighted by Gasteiger charge is -2.25. The molecule has 0 aliphatic rings. The summed E-state index contributed by atoms with van der Waals surface area (Å²) in [7, 11) is 0. The van der Waals surface area contributed by atoms with Crippen molar-refractivity contribution in [3.8, 4) is 0 Å². The first-order valence-electron chi connectivity index (χ1n) is 6.63. The Balaban J connectivity index is 3.09. The molecule has 0 aromatic heterocycles. The van der Waals surface area contributed by atoms with Crippen LogP contribution in [-0.2, 0) is 25.5 Å². The average Bonchev–Trinajstić information content (AvgIpc) is 2.43. The lowest BCUT2D eigenvalue weighted by atomic mass is 9.83. The van der Waals surface area contributed by atoms with E-state index in [1.54, 1.807) is 13.8 Å². The van der Waals surface area contributed by atoms with E-state index < -0.39 is 29.0 Å². The summed E-state index contributed by atoms with van der Waals surface area (Å²) in [5.74, 6) is -3.54. The molecule has 0 fully saturated rings. The zero-order chi connectivity index (χ0) is 16.0. The normalized spacial score (nSPS) is 11.1. The van der Waals surface area contributed by atoms with Gasteiger partial charge in [-0.1, -0.05) is 6.07 Å². The molecule has 0 bridgehead atoms. The van der Waals surface area contributed by atoms with Crippen LogP contribution < -0.4 is 0 Å². The van der Waals surface area contributed by atoms with Gasteiger partial charge in [0.2, 0.25) is 0 Å². The molecule has 0 aliphatic heterocycles. The van der Waals surface area contributed by atoms with Crippen LogP contribution in [0.15, 0.2) is 18.2 Å². The van der Waals surface area contributed by atoms with Gasteiger partial charge < -0.3 is 9.47 Å². The van der Waals surface area contributed by atoms with Gasteiger partial charge in [0.05, 0.1) is 13.2 Å². The number of ether oxygens (including phenoxy) is 2. The lowest BCUT2D eigenvalue weighted by Crippen LogP contribution is -2.41. The Hall–Kier alpha value is -1.98. The Labute approximate surface area is 122 Å². The zero-order valence-corrected chi connectivity index (χ0v) is 12.2. The predicted octanol–water partition coefficient (Wildman–Crippen LogP) is 2.64. The summed E-state index contributed by atoms with van der Waals surface area (Å²) in [6, 6.07) is 3.21. The van der Waals surface area contributed by atoms with E-state index in [1.807, 2.05) is 0 Å². The van der Waals surface area contributed by atoms with Crippen molar-refractivity contribution in [2.24, 2.45) is 5.41 Å². The predicted molar refractivity (Wildman–Crippen MR) is 71.4 cm³/mol. The quantitative estimate of drug-likeness (QED) is 0.598. The Morgan fingerprint density at radius 3 is 2.00 bits per heavy atom. The monoisotopic (exact) mass is 300 g/mol. The SMILES string of the molecule is CCOC(=O)C(C)(Cc1ccc(F)c(F)c1)C(=O)OCC. The van der Waals surface area contributed by atoms with Crippen LogP contribution in [0.4, 0.5) is 8.78 Å². The molecule has 0 radical (unpaired) electrons. The maximum absolute atomic E-state index is 13.2. The molecule has 1 aromatic rings. The minimum Gasteiger partial charge on any atom is -0.465 e. The van der Waals surface area contributed by atoms with Crippen molar-refractivity contribution in [1.82, 2.24) is 0 Å². The first-order chi connectivity index (χ1) is 9.85. The third-order valence-electron chi connectivity index (χ3n) is 2.99. The van der Waals surface area contributed by atoms with Crippen molar-refractivity contribution in [2.75, 3.05) is 13.2 Å². The molecule has 6 heteroatoms. The van der Waals surface area contributed by atoms with Crippen molar-refractivity contribution in [3.05, 3.63) is 35.4 Å². The summed E-state index contributed by atoms with van der Waals surface area (Å²) in [6.45, 7) is 4.80. The third kappa shape index (κ3) is 4.00. The molecule has 0 unspecified atom stereocenters. The highest BCUT2D eigenvalue weighted by molar-refractivity contribution is 5.99. The van der Waals surface area contributed by atoms with Crippen LogP contribution >= 0.6 is 0 Å². The number of carbonyl (C=O) groups is 2. The van der Waals surface area contributed by atoms with Gasteiger partial charge in [-0.3, -0.25) is 9.59 Å². The van der Waals surface area contributed by atoms with Gasteiger partial charge in [-0.2, -0.15) is 0 Å². The van der Waals surface area contributed by atoms with Crippen molar-refractivity contribution in [2.45, 2.75) is 27.2 Å². The molecule has 0 saturated heterocycles. The number of esters is 2. The molecular formula is C15H18F2O4. The Morgan fingerprint density at radius 2 is 1.57 bits per heavy atom. The molecule has 1 rings (SSSR count). The van der Waals surface area contributed by atoms with Crippen LogP contribution in [0.1, 0.15) is 26.3 Å². The maximum Gasteiger partial charge on any atom is 0.323 e. The van der Waals surface area contributed by atoms with Crippen LogP contribution in [0.25, 0.3) is 0 Å². The van der Waals surface area contributed by atoms with E-state index in [-0.39, 0.29) is 19.6 Å². The highest BCUT2D eigenvalue weighted by atomic mass is 19.2. The van der Waals surface area contributed by atoms with E-state index in [0.29, 0.717) is 5.56 Å². The van der Waals surface area contributed by atoms with Crippen molar-refractivity contribution < 1.29 is 27.8 Å². The highest BCUT2D eigenvalue weighted by Crippen LogP contribution is 2.27. The molecule has 0 heterocycles. The van der Waals surface area contributed by atoms with Crippen LogP contribution in [-0.4, -0.2) is 25.2 Å². The van der Waals surface area contributed by atoms with Crippen molar-refractivity contribution >= 4 is 11.9 Å². The van der Waals surface area contributed by atoms with Crippen LogP contribution in [0.5, 0.6) is 0 Å². The van der Waals surface area contributed by atoms with E-state index in [1.165, 1.54) is 13.0 Å². The smallest absolute Gasteiger partial charge is 0.323 e.